The summed E-state index contributed by atoms with van der Waals surface area (Å²) in [6.07, 6.45) is 7.66. The number of para-hydroxylation sites is 2. The van der Waals surface area contributed by atoms with E-state index in [0.717, 1.165) is 61.5 Å². The van der Waals surface area contributed by atoms with Crippen molar-refractivity contribution in [2.24, 2.45) is 0 Å². The molecule has 0 unspecified atom stereocenters. The van der Waals surface area contributed by atoms with Crippen molar-refractivity contribution < 1.29 is 0 Å². The van der Waals surface area contributed by atoms with E-state index in [0.29, 0.717) is 11.8 Å². The first-order valence-electron chi connectivity index (χ1n) is 17.7. The molecule has 5 aromatic heterocycles. The van der Waals surface area contributed by atoms with E-state index in [4.69, 9.17) is 9.97 Å². The van der Waals surface area contributed by atoms with Crippen molar-refractivity contribution in [2.75, 3.05) is 4.90 Å². The molecule has 0 aliphatic rings. The fraction of sp³-hybridized carbons (Fsp3) is 0.133. The Hall–Kier alpha value is -6.27. The smallest absolute Gasteiger partial charge is 0.137 e. The van der Waals surface area contributed by atoms with Crippen LogP contribution in [0.2, 0.25) is 0 Å². The molecule has 6 nitrogen and oxygen atoms in total. The van der Waals surface area contributed by atoms with Gasteiger partial charge >= 0.3 is 0 Å². The van der Waals surface area contributed by atoms with Gasteiger partial charge in [0.2, 0.25) is 0 Å². The lowest BCUT2D eigenvalue weighted by Gasteiger charge is -2.26. The van der Waals surface area contributed by atoms with E-state index >= 15 is 0 Å². The molecule has 0 radical (unpaired) electrons. The lowest BCUT2D eigenvalue weighted by molar-refractivity contribution is 0.858. The number of hydrogen-bond acceptors (Lipinski definition) is 4. The molecule has 0 bridgehead atoms. The van der Waals surface area contributed by atoms with Gasteiger partial charge in [0.05, 0.1) is 28.3 Å². The van der Waals surface area contributed by atoms with E-state index in [1.54, 1.807) is 0 Å². The van der Waals surface area contributed by atoms with Crippen LogP contribution in [0.3, 0.4) is 0 Å². The molecule has 9 rings (SSSR count). The van der Waals surface area contributed by atoms with Crippen LogP contribution in [-0.2, 0) is 0 Å². The predicted octanol–water partition coefficient (Wildman–Crippen LogP) is 11.8. The lowest BCUT2D eigenvalue weighted by Crippen LogP contribution is -2.10. The van der Waals surface area contributed by atoms with Crippen molar-refractivity contribution in [1.29, 1.82) is 0 Å². The van der Waals surface area contributed by atoms with E-state index in [9.17, 15) is 0 Å². The topological polar surface area (TPSA) is 51.8 Å². The van der Waals surface area contributed by atoms with Crippen LogP contribution >= 0.6 is 0 Å². The van der Waals surface area contributed by atoms with E-state index in [1.807, 2.05) is 24.8 Å². The summed E-state index contributed by atoms with van der Waals surface area (Å²) in [5.74, 6) is 2.59. The molecule has 51 heavy (non-hydrogen) atoms. The summed E-state index contributed by atoms with van der Waals surface area (Å²) in [6.45, 7) is 8.89. The van der Waals surface area contributed by atoms with Gasteiger partial charge in [-0.1, -0.05) is 76.2 Å². The molecular weight excluding hydrogens is 625 g/mol. The summed E-state index contributed by atoms with van der Waals surface area (Å²) in [4.78, 5) is 16.7. The third kappa shape index (κ3) is 5.14. The van der Waals surface area contributed by atoms with E-state index < -0.39 is 0 Å². The minimum Gasteiger partial charge on any atom is -0.310 e. The standard InChI is InChI=1S/C45H38N6/c1-29(2)31-18-22-47-44(24-31)50-40-13-9-8-12-36(40)37-16-14-34(26-41(37)50)49(33-10-6-5-7-11-33)35-15-17-38-39-20-21-46-28-43(39)51(42(38)27-35)45-25-32(30(3)4)19-23-48-45/h5-30H,1-4H3. The van der Waals surface area contributed by atoms with Gasteiger partial charge in [0.15, 0.2) is 0 Å². The maximum absolute atomic E-state index is 4.90. The second-order valence-electron chi connectivity index (χ2n) is 13.9. The van der Waals surface area contributed by atoms with Crippen LogP contribution in [0.4, 0.5) is 17.1 Å². The first-order chi connectivity index (χ1) is 25.0. The Balaban J connectivity index is 1.30. The third-order valence-corrected chi connectivity index (χ3v) is 10.1. The van der Waals surface area contributed by atoms with Crippen LogP contribution in [0, 0.1) is 0 Å². The summed E-state index contributed by atoms with van der Waals surface area (Å²) < 4.78 is 4.56. The first kappa shape index (κ1) is 30.8. The Morgan fingerprint density at radius 2 is 0.980 bits per heavy atom. The quantitative estimate of drug-likeness (QED) is 0.170. The molecule has 0 atom stereocenters. The fourth-order valence-corrected chi connectivity index (χ4v) is 7.44. The Morgan fingerprint density at radius 1 is 0.451 bits per heavy atom. The number of anilines is 3. The number of fused-ring (bicyclic) bond motifs is 6. The zero-order valence-electron chi connectivity index (χ0n) is 29.2. The van der Waals surface area contributed by atoms with Gasteiger partial charge in [-0.05, 0) is 95.8 Å². The van der Waals surface area contributed by atoms with E-state index in [-0.39, 0.29) is 0 Å². The van der Waals surface area contributed by atoms with Crippen molar-refractivity contribution in [3.8, 4) is 11.6 Å². The van der Waals surface area contributed by atoms with Gasteiger partial charge in [-0.3, -0.25) is 14.1 Å². The van der Waals surface area contributed by atoms with Gasteiger partial charge in [0.25, 0.3) is 0 Å². The average molecular weight is 663 g/mol. The normalized spacial score (nSPS) is 11.9. The van der Waals surface area contributed by atoms with Crippen LogP contribution in [0.5, 0.6) is 0 Å². The maximum atomic E-state index is 4.90. The van der Waals surface area contributed by atoms with Crippen molar-refractivity contribution >= 4 is 60.7 Å². The molecule has 5 heterocycles. The van der Waals surface area contributed by atoms with Gasteiger partial charge in [-0.25, -0.2) is 9.97 Å². The number of hydrogen-bond donors (Lipinski definition) is 0. The molecule has 0 saturated carbocycles. The molecule has 0 saturated heterocycles. The molecule has 4 aromatic carbocycles. The number of rotatable bonds is 7. The summed E-state index contributed by atoms with van der Waals surface area (Å²) >= 11 is 0. The second kappa shape index (κ2) is 12.3. The van der Waals surface area contributed by atoms with Gasteiger partial charge in [0.1, 0.15) is 11.6 Å². The highest BCUT2D eigenvalue weighted by molar-refractivity contribution is 6.11. The molecule has 0 spiro atoms. The van der Waals surface area contributed by atoms with Crippen molar-refractivity contribution in [2.45, 2.75) is 39.5 Å². The molecule has 0 fully saturated rings. The number of pyridine rings is 3. The van der Waals surface area contributed by atoms with Crippen LogP contribution in [0.1, 0.15) is 50.7 Å². The highest BCUT2D eigenvalue weighted by Crippen LogP contribution is 2.42. The van der Waals surface area contributed by atoms with Crippen molar-refractivity contribution in [3.63, 3.8) is 0 Å². The summed E-state index contributed by atoms with van der Waals surface area (Å²) in [7, 11) is 0. The average Bonchev–Trinajstić information content (AvgIpc) is 3.68. The molecule has 9 aromatic rings. The molecule has 0 N–H and O–H groups in total. The molecule has 0 amide bonds. The van der Waals surface area contributed by atoms with E-state index in [2.05, 4.69) is 168 Å². The Bertz CT molecular complexity index is 2550. The Kier molecular flexibility index (Phi) is 7.39. The van der Waals surface area contributed by atoms with Crippen molar-refractivity contribution in [1.82, 2.24) is 24.1 Å². The minimum absolute atomic E-state index is 0.385. The number of aromatic nitrogens is 5. The van der Waals surface area contributed by atoms with Crippen LogP contribution in [0.15, 0.2) is 146 Å². The lowest BCUT2D eigenvalue weighted by atomic mass is 10.1. The molecule has 248 valence electrons. The monoisotopic (exact) mass is 662 g/mol. The third-order valence-electron chi connectivity index (χ3n) is 10.1. The van der Waals surface area contributed by atoms with Gasteiger partial charge < -0.3 is 4.90 Å². The number of benzene rings is 4. The van der Waals surface area contributed by atoms with Crippen molar-refractivity contribution in [3.05, 3.63) is 157 Å². The highest BCUT2D eigenvalue weighted by Gasteiger charge is 2.21. The first-order valence-corrected chi connectivity index (χ1v) is 17.7. The van der Waals surface area contributed by atoms with Crippen LogP contribution in [-0.4, -0.2) is 24.1 Å². The van der Waals surface area contributed by atoms with Crippen LogP contribution < -0.4 is 4.90 Å². The molecule has 0 aliphatic carbocycles. The molecular formula is C45H38N6. The second-order valence-corrected chi connectivity index (χ2v) is 13.9. The van der Waals surface area contributed by atoms with Crippen LogP contribution in [0.25, 0.3) is 55.2 Å². The minimum atomic E-state index is 0.385. The van der Waals surface area contributed by atoms with Gasteiger partial charge in [-0.2, -0.15) is 0 Å². The largest absolute Gasteiger partial charge is 0.310 e. The summed E-state index contributed by atoms with van der Waals surface area (Å²) in [6, 6.07) is 43.5. The SMILES string of the molecule is CC(C)c1ccnc(-n2c3ccccc3c3ccc(N(c4ccccc4)c4ccc5c6ccncc6n(-c6cc(C(C)C)ccn6)c5c4)cc32)c1. The summed E-state index contributed by atoms with van der Waals surface area (Å²) in [5, 5.41) is 4.71. The Labute approximate surface area is 297 Å². The van der Waals surface area contributed by atoms with Gasteiger partial charge in [0, 0.05) is 57.2 Å². The Morgan fingerprint density at radius 3 is 1.59 bits per heavy atom. The zero-order valence-corrected chi connectivity index (χ0v) is 29.2. The zero-order chi connectivity index (χ0) is 34.6. The predicted molar refractivity (Wildman–Crippen MR) is 211 cm³/mol. The summed E-state index contributed by atoms with van der Waals surface area (Å²) in [5.41, 5.74) is 10.1. The maximum Gasteiger partial charge on any atom is 0.137 e. The molecule has 0 aliphatic heterocycles. The fourth-order valence-electron chi connectivity index (χ4n) is 7.44. The van der Waals surface area contributed by atoms with Gasteiger partial charge in [-0.15, -0.1) is 0 Å². The molecule has 6 heteroatoms. The van der Waals surface area contributed by atoms with E-state index in [1.165, 1.54) is 21.9 Å². The number of nitrogens with zero attached hydrogens (tertiary/aromatic N) is 6. The highest BCUT2D eigenvalue weighted by atomic mass is 15.2.